The average molecular weight is 509 g/mol. The molecule has 0 unspecified atom stereocenters. The Morgan fingerprint density at radius 1 is 1.32 bits per heavy atom. The quantitative estimate of drug-likeness (QED) is 0.335. The van der Waals surface area contributed by atoms with Gasteiger partial charge in [-0.3, -0.25) is 4.79 Å². The molecule has 0 bridgehead atoms. The lowest BCUT2D eigenvalue weighted by Crippen LogP contribution is -2.40. The Labute approximate surface area is 209 Å². The van der Waals surface area contributed by atoms with Crippen molar-refractivity contribution in [1.82, 2.24) is 34.2 Å². The monoisotopic (exact) mass is 508 g/mol. The fraction of sp³-hybridized carbons (Fsp3) is 0.320. The van der Waals surface area contributed by atoms with Gasteiger partial charge in [0, 0.05) is 25.6 Å². The fourth-order valence-corrected chi connectivity index (χ4v) is 4.84. The third-order valence-corrected chi connectivity index (χ3v) is 6.68. The molecule has 3 aromatic heterocycles. The maximum Gasteiger partial charge on any atom is 0.258 e. The van der Waals surface area contributed by atoms with E-state index in [-0.39, 0.29) is 35.7 Å². The molecule has 0 aliphatic carbocycles. The van der Waals surface area contributed by atoms with Gasteiger partial charge in [-0.05, 0) is 31.9 Å². The maximum absolute atomic E-state index is 14.9. The van der Waals surface area contributed by atoms with Crippen LogP contribution in [0.2, 0.25) is 0 Å². The SMILES string of the molecule is C=CC(=O)N1C[C@@](C)(n2nc(C#Cc3cc4ncn(CC)c4cc3F)c3c(N)ncnc32)C[C@@H]1C(F)F. The Kier molecular flexibility index (Phi) is 5.86. The lowest BCUT2D eigenvalue weighted by atomic mass is 9.99. The molecule has 9 nitrogen and oxygen atoms in total. The molecule has 1 aromatic carbocycles. The Bertz CT molecular complexity index is 1610. The lowest BCUT2D eigenvalue weighted by molar-refractivity contribution is -0.129. The molecule has 1 aliphatic rings. The molecule has 12 heteroatoms. The third kappa shape index (κ3) is 3.96. The molecule has 0 radical (unpaired) electrons. The van der Waals surface area contributed by atoms with Gasteiger partial charge in [-0.2, -0.15) is 5.10 Å². The Morgan fingerprint density at radius 3 is 2.81 bits per heavy atom. The number of hydrogen-bond donors (Lipinski definition) is 1. The number of carbonyl (C=O) groups excluding carboxylic acids is 1. The van der Waals surface area contributed by atoms with Crippen LogP contribution in [0.4, 0.5) is 19.0 Å². The van der Waals surface area contributed by atoms with E-state index >= 15 is 0 Å². The smallest absolute Gasteiger partial charge is 0.258 e. The molecule has 4 heterocycles. The molecule has 2 N–H and O–H groups in total. The number of alkyl halides is 2. The first kappa shape index (κ1) is 24.3. The maximum atomic E-state index is 14.9. The number of nitrogen functional groups attached to an aromatic ring is 1. The predicted octanol–water partition coefficient (Wildman–Crippen LogP) is 3.08. The second-order valence-electron chi connectivity index (χ2n) is 9.09. The summed E-state index contributed by atoms with van der Waals surface area (Å²) in [6, 6.07) is 1.60. The molecule has 5 rings (SSSR count). The summed E-state index contributed by atoms with van der Waals surface area (Å²) in [6.45, 7) is 7.65. The van der Waals surface area contributed by atoms with Crippen molar-refractivity contribution >= 4 is 33.8 Å². The molecule has 1 saturated heterocycles. The molecule has 2 atom stereocenters. The number of nitrogens with two attached hydrogens (primary N) is 1. The number of benzene rings is 1. The normalized spacial score (nSPS) is 19.5. The van der Waals surface area contributed by atoms with Crippen molar-refractivity contribution in [2.24, 2.45) is 0 Å². The number of aromatic nitrogens is 6. The minimum absolute atomic E-state index is 0.0498. The van der Waals surface area contributed by atoms with Crippen LogP contribution in [0.5, 0.6) is 0 Å². The summed E-state index contributed by atoms with van der Waals surface area (Å²) in [7, 11) is 0. The van der Waals surface area contributed by atoms with Gasteiger partial charge >= 0.3 is 0 Å². The van der Waals surface area contributed by atoms with Crippen LogP contribution in [0, 0.1) is 17.7 Å². The fourth-order valence-electron chi connectivity index (χ4n) is 4.84. The first-order chi connectivity index (χ1) is 17.7. The van der Waals surface area contributed by atoms with E-state index < -0.39 is 29.7 Å². The number of nitrogens with zero attached hydrogens (tertiary/aromatic N) is 7. The summed E-state index contributed by atoms with van der Waals surface area (Å²) in [5, 5.41) is 4.87. The highest BCUT2D eigenvalue weighted by molar-refractivity contribution is 5.91. The van der Waals surface area contributed by atoms with Gasteiger partial charge in [0.1, 0.15) is 23.7 Å². The lowest BCUT2D eigenvalue weighted by Gasteiger charge is -2.25. The highest BCUT2D eigenvalue weighted by Crippen LogP contribution is 2.38. The number of imidazole rings is 1. The van der Waals surface area contributed by atoms with Crippen LogP contribution < -0.4 is 5.73 Å². The van der Waals surface area contributed by atoms with Gasteiger partial charge in [0.25, 0.3) is 6.43 Å². The van der Waals surface area contributed by atoms with E-state index in [2.05, 4.69) is 38.5 Å². The Morgan fingerprint density at radius 2 is 2.11 bits per heavy atom. The largest absolute Gasteiger partial charge is 0.383 e. The van der Waals surface area contributed by atoms with E-state index in [1.165, 1.54) is 17.1 Å². The number of likely N-dealkylation sites (tertiary alicyclic amines) is 1. The topological polar surface area (TPSA) is 108 Å². The second kappa shape index (κ2) is 8.92. The Balaban J connectivity index is 1.61. The number of carbonyl (C=O) groups is 1. The number of anilines is 1. The second-order valence-corrected chi connectivity index (χ2v) is 9.09. The first-order valence-corrected chi connectivity index (χ1v) is 11.5. The van der Waals surface area contributed by atoms with Gasteiger partial charge in [0.05, 0.1) is 39.9 Å². The van der Waals surface area contributed by atoms with Crippen LogP contribution in [-0.4, -0.2) is 59.1 Å². The summed E-state index contributed by atoms with van der Waals surface area (Å²) in [5.41, 5.74) is 6.87. The van der Waals surface area contributed by atoms with E-state index in [9.17, 15) is 18.0 Å². The molecule has 1 amide bonds. The van der Waals surface area contributed by atoms with Crippen molar-refractivity contribution < 1.29 is 18.0 Å². The van der Waals surface area contributed by atoms with Crippen LogP contribution in [0.15, 0.2) is 37.4 Å². The van der Waals surface area contributed by atoms with Crippen LogP contribution in [0.1, 0.15) is 31.5 Å². The van der Waals surface area contributed by atoms with E-state index in [0.29, 0.717) is 23.0 Å². The van der Waals surface area contributed by atoms with Gasteiger partial charge < -0.3 is 15.2 Å². The molecule has 37 heavy (non-hydrogen) atoms. The minimum Gasteiger partial charge on any atom is -0.383 e. The van der Waals surface area contributed by atoms with Gasteiger partial charge in [-0.15, -0.1) is 0 Å². The molecular weight excluding hydrogens is 485 g/mol. The first-order valence-electron chi connectivity index (χ1n) is 11.5. The average Bonchev–Trinajstić information content (AvgIpc) is 3.56. The summed E-state index contributed by atoms with van der Waals surface area (Å²) >= 11 is 0. The number of hydrogen-bond acceptors (Lipinski definition) is 6. The van der Waals surface area contributed by atoms with Crippen molar-refractivity contribution in [3.8, 4) is 11.8 Å². The van der Waals surface area contributed by atoms with E-state index in [0.717, 1.165) is 11.0 Å². The number of aryl methyl sites for hydroxylation is 1. The van der Waals surface area contributed by atoms with Crippen LogP contribution in [0.3, 0.4) is 0 Å². The van der Waals surface area contributed by atoms with Crippen molar-refractivity contribution in [2.45, 2.75) is 44.8 Å². The zero-order chi connectivity index (χ0) is 26.5. The summed E-state index contributed by atoms with van der Waals surface area (Å²) < 4.78 is 45.8. The van der Waals surface area contributed by atoms with Crippen molar-refractivity contribution in [2.75, 3.05) is 12.3 Å². The minimum atomic E-state index is -2.76. The van der Waals surface area contributed by atoms with Gasteiger partial charge in [0.15, 0.2) is 5.65 Å². The van der Waals surface area contributed by atoms with Gasteiger partial charge in [-0.1, -0.05) is 12.5 Å². The predicted molar refractivity (Wildman–Crippen MR) is 131 cm³/mol. The number of halogens is 3. The summed E-state index contributed by atoms with van der Waals surface area (Å²) in [6.07, 6.45) is 1.03. The molecule has 1 aliphatic heterocycles. The van der Waals surface area contributed by atoms with E-state index in [4.69, 9.17) is 5.73 Å². The molecule has 0 saturated carbocycles. The Hall–Kier alpha value is -4.40. The number of rotatable bonds is 4. The molecule has 1 fully saturated rings. The van der Waals surface area contributed by atoms with Crippen LogP contribution >= 0.6 is 0 Å². The zero-order valence-corrected chi connectivity index (χ0v) is 20.1. The zero-order valence-electron chi connectivity index (χ0n) is 20.1. The highest BCUT2D eigenvalue weighted by atomic mass is 19.3. The summed E-state index contributed by atoms with van der Waals surface area (Å²) in [5.74, 6) is 4.60. The molecular formula is C25H23F3N8O. The third-order valence-electron chi connectivity index (χ3n) is 6.68. The summed E-state index contributed by atoms with van der Waals surface area (Å²) in [4.78, 5) is 26.0. The van der Waals surface area contributed by atoms with Crippen LogP contribution in [0.25, 0.3) is 22.1 Å². The van der Waals surface area contributed by atoms with Crippen molar-refractivity contribution in [1.29, 1.82) is 0 Å². The molecule has 4 aromatic rings. The van der Waals surface area contributed by atoms with Crippen molar-refractivity contribution in [3.63, 3.8) is 0 Å². The molecule has 190 valence electrons. The van der Waals surface area contributed by atoms with Gasteiger partial charge in [0.2, 0.25) is 5.91 Å². The van der Waals surface area contributed by atoms with Crippen molar-refractivity contribution in [3.05, 3.63) is 54.5 Å². The van der Waals surface area contributed by atoms with E-state index in [1.54, 1.807) is 19.3 Å². The van der Waals surface area contributed by atoms with E-state index in [1.807, 2.05) is 11.5 Å². The van der Waals surface area contributed by atoms with Crippen LogP contribution in [-0.2, 0) is 16.9 Å². The molecule has 0 spiro atoms. The van der Waals surface area contributed by atoms with Gasteiger partial charge in [-0.25, -0.2) is 32.8 Å². The number of amides is 1. The standard InChI is InChI=1S/C25H23F3N8O/c1-4-20(37)35-11-25(3,10-19(35)22(27)28)36-24-21(23(29)30-12-31-24)16(33-36)7-6-14-8-17-18(9-15(14)26)34(5-2)13-32-17/h4,8-9,12-13,19,22H,1,5,10-11H2,2-3H3,(H2,29,30,31)/t19-,25+/m1/s1. The highest BCUT2D eigenvalue weighted by Gasteiger charge is 2.48. The number of fused-ring (bicyclic) bond motifs is 2.